The van der Waals surface area contributed by atoms with Crippen LogP contribution in [0, 0.1) is 28.6 Å². The fourth-order valence-corrected chi connectivity index (χ4v) is 7.73. The predicted octanol–water partition coefficient (Wildman–Crippen LogP) is 3.46. The number of fused-ring (bicyclic) bond motifs is 2. The Balaban J connectivity index is 1.62. The molecule has 2 aliphatic carbocycles. The Bertz CT molecular complexity index is 1520. The lowest BCUT2D eigenvalue weighted by atomic mass is 9.86. The number of carbonyl (C=O) groups excluding carboxylic acids is 6. The summed E-state index contributed by atoms with van der Waals surface area (Å²) in [6, 6.07) is 3.21. The molecule has 12 heteroatoms. The van der Waals surface area contributed by atoms with Crippen LogP contribution in [0.5, 0.6) is 0 Å². The third-order valence-electron chi connectivity index (χ3n) is 10.5. The smallest absolute Gasteiger partial charge is 0.329 e. The minimum atomic E-state index is -1.06. The van der Waals surface area contributed by atoms with E-state index >= 15 is 0 Å². The Hall–Kier alpha value is -4.22. The number of ether oxygens (including phenoxy) is 1. The fourth-order valence-electron chi connectivity index (χ4n) is 7.73. The number of Topliss-reactive ketones (excluding diaryl/α,β-unsaturated/α-hetero) is 1. The zero-order valence-corrected chi connectivity index (χ0v) is 31.7. The van der Waals surface area contributed by atoms with Gasteiger partial charge >= 0.3 is 12.0 Å². The molecule has 1 unspecified atom stereocenters. The molecule has 0 aromatic heterocycles. The first-order valence-electron chi connectivity index (χ1n) is 18.1. The lowest BCUT2D eigenvalue weighted by molar-refractivity contribution is -0.160. The lowest BCUT2D eigenvalue weighted by Gasteiger charge is -2.36. The SMILES string of the molecule is C=CCNC(=O)C(=O)C(CCC)NC(=O)[C@@H]1[C@@H]2[C@H](CN1C(=O)[C@@H](NC(=O)N[C@H](C(=O)OC(C)(C)C)C(C)(C)C)C1Cc3ccccc3C1)C2(C)C. The number of amides is 5. The van der Waals surface area contributed by atoms with E-state index in [4.69, 9.17) is 4.74 Å². The topological polar surface area (TPSA) is 163 Å². The quantitative estimate of drug-likeness (QED) is 0.139. The van der Waals surface area contributed by atoms with Crippen molar-refractivity contribution in [2.75, 3.05) is 13.1 Å². The summed E-state index contributed by atoms with van der Waals surface area (Å²) in [4.78, 5) is 83.1. The number of hydrogen-bond acceptors (Lipinski definition) is 7. The highest BCUT2D eigenvalue weighted by molar-refractivity contribution is 6.38. The van der Waals surface area contributed by atoms with E-state index in [9.17, 15) is 28.8 Å². The summed E-state index contributed by atoms with van der Waals surface area (Å²) in [5.41, 5.74) is 0.464. The van der Waals surface area contributed by atoms with Gasteiger partial charge < -0.3 is 30.9 Å². The molecule has 1 aromatic rings. The molecule has 0 spiro atoms. The Labute approximate surface area is 302 Å². The third kappa shape index (κ3) is 8.99. The summed E-state index contributed by atoms with van der Waals surface area (Å²) in [5, 5.41) is 11.0. The van der Waals surface area contributed by atoms with Crippen molar-refractivity contribution in [2.24, 2.45) is 28.6 Å². The number of hydrogen-bond donors (Lipinski definition) is 4. The van der Waals surface area contributed by atoms with Gasteiger partial charge in [0.15, 0.2) is 0 Å². The van der Waals surface area contributed by atoms with Crippen molar-refractivity contribution in [3.63, 3.8) is 0 Å². The highest BCUT2D eigenvalue weighted by atomic mass is 16.6. The monoisotopic (exact) mass is 707 g/mol. The number of nitrogens with one attached hydrogen (secondary N) is 4. The van der Waals surface area contributed by atoms with E-state index in [-0.39, 0.29) is 36.1 Å². The van der Waals surface area contributed by atoms with E-state index in [1.807, 2.05) is 52.0 Å². The number of nitrogens with zero attached hydrogens (tertiary/aromatic N) is 1. The molecule has 3 aliphatic rings. The number of urea groups is 1. The summed E-state index contributed by atoms with van der Waals surface area (Å²) < 4.78 is 5.62. The van der Waals surface area contributed by atoms with Crippen LogP contribution in [0.25, 0.3) is 0 Å². The summed E-state index contributed by atoms with van der Waals surface area (Å²) in [6.07, 6.45) is 3.33. The first kappa shape index (κ1) is 39.6. The zero-order valence-electron chi connectivity index (χ0n) is 31.7. The van der Waals surface area contributed by atoms with Crippen molar-refractivity contribution >= 4 is 35.5 Å². The molecule has 4 N–H and O–H groups in total. The number of carbonyl (C=O) groups is 6. The van der Waals surface area contributed by atoms with E-state index < -0.39 is 70.7 Å². The van der Waals surface area contributed by atoms with Gasteiger partial charge in [0, 0.05) is 13.1 Å². The minimum Gasteiger partial charge on any atom is -0.458 e. The average Bonchev–Trinajstić information content (AvgIpc) is 3.40. The predicted molar refractivity (Wildman–Crippen MR) is 193 cm³/mol. The third-order valence-corrected chi connectivity index (χ3v) is 10.5. The van der Waals surface area contributed by atoms with Gasteiger partial charge in [0.25, 0.3) is 5.91 Å². The summed E-state index contributed by atoms with van der Waals surface area (Å²) >= 11 is 0. The molecule has 1 aromatic carbocycles. The van der Waals surface area contributed by atoms with Crippen LogP contribution in [0.4, 0.5) is 4.79 Å². The maximum atomic E-state index is 14.8. The molecular formula is C39H57N5O7. The van der Waals surface area contributed by atoms with Crippen molar-refractivity contribution in [3.8, 4) is 0 Å². The fraction of sp³-hybridized carbons (Fsp3) is 0.641. The normalized spacial score (nSPS) is 22.4. The van der Waals surface area contributed by atoms with Crippen LogP contribution in [0.15, 0.2) is 36.9 Å². The molecule has 0 radical (unpaired) electrons. The largest absolute Gasteiger partial charge is 0.458 e. The first-order chi connectivity index (χ1) is 23.7. The number of likely N-dealkylation sites (tertiary alicyclic amines) is 1. The molecule has 1 aliphatic heterocycles. The molecular weight excluding hydrogens is 650 g/mol. The van der Waals surface area contributed by atoms with Crippen LogP contribution in [0.1, 0.15) is 86.3 Å². The molecule has 12 nitrogen and oxygen atoms in total. The average molecular weight is 708 g/mol. The number of rotatable bonds is 13. The molecule has 51 heavy (non-hydrogen) atoms. The van der Waals surface area contributed by atoms with Crippen molar-refractivity contribution in [1.82, 2.24) is 26.2 Å². The minimum absolute atomic E-state index is 0.0427. The summed E-state index contributed by atoms with van der Waals surface area (Å²) in [5.74, 6) is -3.50. The van der Waals surface area contributed by atoms with Gasteiger partial charge in [-0.1, -0.05) is 78.3 Å². The van der Waals surface area contributed by atoms with Gasteiger partial charge in [-0.15, -0.1) is 6.58 Å². The van der Waals surface area contributed by atoms with Crippen LogP contribution in [-0.2, 0) is 41.6 Å². The van der Waals surface area contributed by atoms with E-state index in [1.54, 1.807) is 25.7 Å². The van der Waals surface area contributed by atoms with Crippen molar-refractivity contribution in [1.29, 1.82) is 0 Å². The van der Waals surface area contributed by atoms with Crippen molar-refractivity contribution < 1.29 is 33.5 Å². The van der Waals surface area contributed by atoms with Crippen LogP contribution in [0.2, 0.25) is 0 Å². The van der Waals surface area contributed by atoms with Crippen LogP contribution < -0.4 is 21.3 Å². The van der Waals surface area contributed by atoms with Crippen LogP contribution in [-0.4, -0.2) is 83.3 Å². The second-order valence-corrected chi connectivity index (χ2v) is 17.0. The molecule has 1 saturated carbocycles. The molecule has 0 bridgehead atoms. The first-order valence-corrected chi connectivity index (χ1v) is 18.1. The van der Waals surface area contributed by atoms with E-state index in [0.29, 0.717) is 25.8 Å². The Kier molecular flexibility index (Phi) is 11.8. The van der Waals surface area contributed by atoms with Gasteiger partial charge in [0.1, 0.15) is 23.7 Å². The van der Waals surface area contributed by atoms with Gasteiger partial charge in [-0.05, 0) is 79.7 Å². The molecule has 2 fully saturated rings. The summed E-state index contributed by atoms with van der Waals surface area (Å²) in [6.45, 7) is 20.7. The van der Waals surface area contributed by atoms with Gasteiger partial charge in [0.05, 0.1) is 6.04 Å². The van der Waals surface area contributed by atoms with Gasteiger partial charge in [0.2, 0.25) is 17.6 Å². The van der Waals surface area contributed by atoms with E-state index in [2.05, 4.69) is 41.7 Å². The second kappa shape index (κ2) is 15.2. The van der Waals surface area contributed by atoms with Crippen LogP contribution in [0.3, 0.4) is 0 Å². The van der Waals surface area contributed by atoms with Crippen molar-refractivity contribution in [3.05, 3.63) is 48.0 Å². The lowest BCUT2D eigenvalue weighted by Crippen LogP contribution is -2.62. The zero-order chi connectivity index (χ0) is 38.1. The Morgan fingerprint density at radius 1 is 0.980 bits per heavy atom. The Morgan fingerprint density at radius 3 is 2.12 bits per heavy atom. The number of esters is 1. The highest BCUT2D eigenvalue weighted by Gasteiger charge is 2.70. The van der Waals surface area contributed by atoms with Gasteiger partial charge in [-0.2, -0.15) is 0 Å². The number of benzene rings is 1. The molecule has 5 amide bonds. The molecule has 1 saturated heterocycles. The molecule has 1 heterocycles. The van der Waals surface area contributed by atoms with Crippen molar-refractivity contribution in [2.45, 2.75) is 118 Å². The highest BCUT2D eigenvalue weighted by Crippen LogP contribution is 2.65. The standard InChI is InChI=1S/C39H57N5O7/c1-11-15-26(30(45)33(47)40-18-12-2)41-32(46)29-27-25(39(27,9)10)21-44(29)34(48)28(24-19-22-16-13-14-17-23(22)20-24)42-36(50)43-31(37(3,4)5)35(49)51-38(6,7)8/h12-14,16-17,24-29,31H,2,11,15,18-21H2,1,3-10H3,(H,40,47)(H,41,46)(H2,42,43,50)/t25-,26?,27-,28-,29-,31+/m0/s1. The molecule has 6 atom stereocenters. The van der Waals surface area contributed by atoms with Gasteiger partial charge in [-0.25, -0.2) is 9.59 Å². The second-order valence-electron chi connectivity index (χ2n) is 17.0. The van der Waals surface area contributed by atoms with E-state index in [0.717, 1.165) is 11.1 Å². The van der Waals surface area contributed by atoms with Crippen LogP contribution >= 0.6 is 0 Å². The maximum absolute atomic E-state index is 14.8. The Morgan fingerprint density at radius 2 is 1.59 bits per heavy atom. The van der Waals surface area contributed by atoms with Gasteiger partial charge in [-0.3, -0.25) is 19.2 Å². The molecule has 4 rings (SSSR count). The number of piperidine rings is 1. The maximum Gasteiger partial charge on any atom is 0.329 e. The number of ketones is 1. The van der Waals surface area contributed by atoms with E-state index in [1.165, 1.54) is 6.08 Å². The summed E-state index contributed by atoms with van der Waals surface area (Å²) in [7, 11) is 0. The molecule has 280 valence electrons.